The van der Waals surface area contributed by atoms with Crippen LogP contribution in [0, 0.1) is 0 Å². The van der Waals surface area contributed by atoms with Crippen LogP contribution in [0.1, 0.15) is 25.5 Å². The smallest absolute Gasteiger partial charge is 0.191 e. The van der Waals surface area contributed by atoms with Gasteiger partial charge in [0.25, 0.3) is 0 Å². The molecule has 0 amide bonds. The van der Waals surface area contributed by atoms with Crippen LogP contribution in [-0.4, -0.2) is 48.5 Å². The zero-order valence-electron chi connectivity index (χ0n) is 12.5. The topological polar surface area (TPSA) is 44.9 Å². The summed E-state index contributed by atoms with van der Waals surface area (Å²) in [4.78, 5) is 9.05. The van der Waals surface area contributed by atoms with E-state index in [2.05, 4.69) is 78.7 Å². The highest BCUT2D eigenvalue weighted by atomic mass is 79.9. The van der Waals surface area contributed by atoms with Gasteiger partial charge in [0.2, 0.25) is 0 Å². The Morgan fingerprint density at radius 1 is 1.29 bits per heavy atom. The fraction of sp³-hybridized carbons (Fsp3) is 0.533. The molecule has 2 rings (SSSR count). The first-order chi connectivity index (χ1) is 10.1. The first kappa shape index (κ1) is 16.8. The Morgan fingerprint density at radius 2 is 2.00 bits per heavy atom. The van der Waals surface area contributed by atoms with Crippen molar-refractivity contribution in [1.82, 2.24) is 9.80 Å². The number of likely N-dealkylation sites (N-methyl/N-ethyl adjacent to an activating group) is 1. The van der Waals surface area contributed by atoms with Gasteiger partial charge in [-0.05, 0) is 62.6 Å². The molecule has 116 valence electrons. The third-order valence-electron chi connectivity index (χ3n) is 3.98. The lowest BCUT2D eigenvalue weighted by molar-refractivity contribution is 0.248. The van der Waals surface area contributed by atoms with Crippen molar-refractivity contribution < 1.29 is 0 Å². The van der Waals surface area contributed by atoms with Gasteiger partial charge >= 0.3 is 0 Å². The molecule has 4 nitrogen and oxygen atoms in total. The normalized spacial score (nSPS) is 18.4. The predicted octanol–water partition coefficient (Wildman–Crippen LogP) is 3.22. The van der Waals surface area contributed by atoms with E-state index in [1.165, 1.54) is 5.56 Å². The molecule has 0 saturated heterocycles. The standard InChI is InChI=1S/C15H22Br2N4/c1-3-20(4-2)7-8-21-14(10-19-15(21)18)11-5-6-12(16)13(17)9-11/h5-6,9,14H,3-4,7-8,10H2,1-2H3,(H2,18,19). The highest BCUT2D eigenvalue weighted by Gasteiger charge is 2.27. The molecule has 1 aromatic carbocycles. The summed E-state index contributed by atoms with van der Waals surface area (Å²) in [7, 11) is 0. The first-order valence-electron chi connectivity index (χ1n) is 7.30. The molecular formula is C15H22Br2N4. The largest absolute Gasteiger partial charge is 0.370 e. The quantitative estimate of drug-likeness (QED) is 0.772. The van der Waals surface area contributed by atoms with Crippen molar-refractivity contribution in [3.8, 4) is 0 Å². The number of nitrogens with zero attached hydrogens (tertiary/aromatic N) is 3. The summed E-state index contributed by atoms with van der Waals surface area (Å²) < 4.78 is 2.13. The minimum Gasteiger partial charge on any atom is -0.370 e. The van der Waals surface area contributed by atoms with Gasteiger partial charge in [-0.15, -0.1) is 0 Å². The SMILES string of the molecule is CCN(CC)CCN1C(N)=NCC1c1ccc(Br)c(Br)c1. The van der Waals surface area contributed by atoms with Gasteiger partial charge in [-0.1, -0.05) is 19.9 Å². The second-order valence-corrected chi connectivity index (χ2v) is 6.82. The van der Waals surface area contributed by atoms with E-state index < -0.39 is 0 Å². The molecule has 1 aromatic rings. The summed E-state index contributed by atoms with van der Waals surface area (Å²) in [5.41, 5.74) is 7.32. The molecule has 2 N–H and O–H groups in total. The van der Waals surface area contributed by atoms with Crippen LogP contribution in [0.25, 0.3) is 0 Å². The summed E-state index contributed by atoms with van der Waals surface area (Å²) in [6.07, 6.45) is 0. The van der Waals surface area contributed by atoms with E-state index >= 15 is 0 Å². The fourth-order valence-corrected chi connectivity index (χ4v) is 3.24. The van der Waals surface area contributed by atoms with E-state index in [0.717, 1.165) is 41.7 Å². The van der Waals surface area contributed by atoms with Crippen molar-refractivity contribution in [3.63, 3.8) is 0 Å². The predicted molar refractivity (Wildman–Crippen MR) is 95.6 cm³/mol. The molecule has 1 unspecified atom stereocenters. The Balaban J connectivity index is 2.10. The number of hydrogen-bond acceptors (Lipinski definition) is 4. The van der Waals surface area contributed by atoms with E-state index in [1.54, 1.807) is 0 Å². The van der Waals surface area contributed by atoms with Crippen molar-refractivity contribution in [2.75, 3.05) is 32.7 Å². The number of hydrogen-bond donors (Lipinski definition) is 1. The third kappa shape index (κ3) is 3.99. The minimum atomic E-state index is 0.241. The summed E-state index contributed by atoms with van der Waals surface area (Å²) in [5.74, 6) is 0.659. The minimum absolute atomic E-state index is 0.241. The van der Waals surface area contributed by atoms with Gasteiger partial charge in [-0.3, -0.25) is 4.99 Å². The molecule has 0 aromatic heterocycles. The molecule has 1 heterocycles. The maximum atomic E-state index is 6.08. The number of nitrogens with two attached hydrogens (primary N) is 1. The Labute approximate surface area is 143 Å². The lowest BCUT2D eigenvalue weighted by Gasteiger charge is -2.29. The fourth-order valence-electron chi connectivity index (χ4n) is 2.59. The lowest BCUT2D eigenvalue weighted by Crippen LogP contribution is -2.41. The Bertz CT molecular complexity index is 514. The van der Waals surface area contributed by atoms with E-state index in [1.807, 2.05) is 0 Å². The maximum absolute atomic E-state index is 6.08. The van der Waals surface area contributed by atoms with E-state index in [0.29, 0.717) is 5.96 Å². The van der Waals surface area contributed by atoms with Gasteiger partial charge in [0.1, 0.15) is 0 Å². The summed E-state index contributed by atoms with van der Waals surface area (Å²) in [6.45, 7) is 9.17. The van der Waals surface area contributed by atoms with Gasteiger partial charge in [0, 0.05) is 22.0 Å². The number of guanidine groups is 1. The zero-order valence-corrected chi connectivity index (χ0v) is 15.7. The van der Waals surface area contributed by atoms with E-state index in [-0.39, 0.29) is 6.04 Å². The molecule has 0 radical (unpaired) electrons. The van der Waals surface area contributed by atoms with Crippen LogP contribution in [0.5, 0.6) is 0 Å². The highest BCUT2D eigenvalue weighted by molar-refractivity contribution is 9.13. The molecule has 0 spiro atoms. The first-order valence-corrected chi connectivity index (χ1v) is 8.89. The Kier molecular flexibility index (Phi) is 6.08. The molecule has 0 saturated carbocycles. The summed E-state index contributed by atoms with van der Waals surface area (Å²) in [6, 6.07) is 6.59. The molecule has 0 fully saturated rings. The molecule has 1 atom stereocenters. The van der Waals surface area contributed by atoms with Gasteiger partial charge in [0.15, 0.2) is 5.96 Å². The monoisotopic (exact) mass is 416 g/mol. The highest BCUT2D eigenvalue weighted by Crippen LogP contribution is 2.31. The van der Waals surface area contributed by atoms with Crippen LogP contribution in [-0.2, 0) is 0 Å². The van der Waals surface area contributed by atoms with Crippen LogP contribution in [0.2, 0.25) is 0 Å². The Hall–Kier alpha value is -0.590. The van der Waals surface area contributed by atoms with Crippen molar-refractivity contribution in [2.24, 2.45) is 10.7 Å². The van der Waals surface area contributed by atoms with E-state index in [4.69, 9.17) is 5.73 Å². The van der Waals surface area contributed by atoms with Crippen molar-refractivity contribution in [2.45, 2.75) is 19.9 Å². The summed E-state index contributed by atoms with van der Waals surface area (Å²) in [5, 5.41) is 0. The van der Waals surface area contributed by atoms with E-state index in [9.17, 15) is 0 Å². The average Bonchev–Trinajstić information content (AvgIpc) is 2.84. The van der Waals surface area contributed by atoms with Crippen molar-refractivity contribution >= 4 is 37.8 Å². The van der Waals surface area contributed by atoms with Crippen LogP contribution in [0.4, 0.5) is 0 Å². The van der Waals surface area contributed by atoms with Crippen LogP contribution in [0.3, 0.4) is 0 Å². The molecule has 0 aliphatic carbocycles. The lowest BCUT2D eigenvalue weighted by atomic mass is 10.1. The second-order valence-electron chi connectivity index (χ2n) is 5.11. The number of halogens is 2. The van der Waals surface area contributed by atoms with Gasteiger partial charge in [-0.2, -0.15) is 0 Å². The number of rotatable bonds is 6. The van der Waals surface area contributed by atoms with Crippen molar-refractivity contribution in [1.29, 1.82) is 0 Å². The van der Waals surface area contributed by atoms with Gasteiger partial charge < -0.3 is 15.5 Å². The molecule has 21 heavy (non-hydrogen) atoms. The van der Waals surface area contributed by atoms with Crippen LogP contribution >= 0.6 is 31.9 Å². The molecule has 0 bridgehead atoms. The van der Waals surface area contributed by atoms with Gasteiger partial charge in [-0.25, -0.2) is 0 Å². The number of aliphatic imine (C=N–C) groups is 1. The third-order valence-corrected chi connectivity index (χ3v) is 5.86. The van der Waals surface area contributed by atoms with Crippen LogP contribution in [0.15, 0.2) is 32.1 Å². The zero-order chi connectivity index (χ0) is 15.4. The molecule has 1 aliphatic rings. The second kappa shape index (κ2) is 7.61. The van der Waals surface area contributed by atoms with Crippen molar-refractivity contribution in [3.05, 3.63) is 32.7 Å². The summed E-state index contributed by atoms with van der Waals surface area (Å²) >= 11 is 7.08. The van der Waals surface area contributed by atoms with Gasteiger partial charge in [0.05, 0.1) is 12.6 Å². The van der Waals surface area contributed by atoms with Crippen LogP contribution < -0.4 is 5.73 Å². The number of benzene rings is 1. The molecular weight excluding hydrogens is 396 g/mol. The molecule has 6 heteroatoms. The Morgan fingerprint density at radius 3 is 2.62 bits per heavy atom. The molecule has 1 aliphatic heterocycles. The average molecular weight is 418 g/mol. The maximum Gasteiger partial charge on any atom is 0.191 e.